The minimum absolute atomic E-state index is 0.683. The number of benzene rings is 1. The highest BCUT2D eigenvalue weighted by Crippen LogP contribution is 2.27. The molecule has 1 N–H and O–H groups in total. The molecule has 0 aliphatic heterocycles. The van der Waals surface area contributed by atoms with Gasteiger partial charge in [0.05, 0.1) is 5.52 Å². The van der Waals surface area contributed by atoms with Gasteiger partial charge in [0.2, 0.25) is 0 Å². The van der Waals surface area contributed by atoms with Crippen LogP contribution in [0.5, 0.6) is 5.75 Å². The van der Waals surface area contributed by atoms with E-state index in [1.54, 1.807) is 0 Å². The van der Waals surface area contributed by atoms with Crippen LogP contribution < -0.4 is 4.74 Å². The van der Waals surface area contributed by atoms with Gasteiger partial charge in [-0.15, -0.1) is 0 Å². The standard InChI is InChI=1S/C12H15ClN2O/c1-15(2)5-6-16-12-8-14-11-7-9(13)3-4-10(11)12/h3-4,7-8,14H,5-6H2,1-2H3. The molecule has 0 amide bonds. The number of likely N-dealkylation sites (N-methyl/N-ethyl adjacent to an activating group) is 1. The van der Waals surface area contributed by atoms with Gasteiger partial charge in [-0.3, -0.25) is 0 Å². The number of hydrogen-bond acceptors (Lipinski definition) is 2. The average molecular weight is 239 g/mol. The van der Waals surface area contributed by atoms with Crippen molar-refractivity contribution in [3.63, 3.8) is 0 Å². The van der Waals surface area contributed by atoms with Crippen LogP contribution in [0.25, 0.3) is 10.9 Å². The molecule has 16 heavy (non-hydrogen) atoms. The summed E-state index contributed by atoms with van der Waals surface area (Å²) in [7, 11) is 4.05. The van der Waals surface area contributed by atoms with Gasteiger partial charge >= 0.3 is 0 Å². The fourth-order valence-corrected chi connectivity index (χ4v) is 1.70. The first-order valence-electron chi connectivity index (χ1n) is 5.21. The van der Waals surface area contributed by atoms with E-state index in [9.17, 15) is 0 Å². The van der Waals surface area contributed by atoms with Crippen molar-refractivity contribution in [1.82, 2.24) is 9.88 Å². The molecule has 1 aromatic carbocycles. The fraction of sp³-hybridized carbons (Fsp3) is 0.333. The van der Waals surface area contributed by atoms with Crippen molar-refractivity contribution >= 4 is 22.5 Å². The zero-order valence-corrected chi connectivity index (χ0v) is 10.2. The first kappa shape index (κ1) is 11.3. The largest absolute Gasteiger partial charge is 0.490 e. The van der Waals surface area contributed by atoms with Crippen LogP contribution in [-0.2, 0) is 0 Å². The summed E-state index contributed by atoms with van der Waals surface area (Å²) in [5.41, 5.74) is 1.01. The molecule has 0 atom stereocenters. The highest BCUT2D eigenvalue weighted by molar-refractivity contribution is 6.31. The van der Waals surface area contributed by atoms with Crippen LogP contribution in [0.1, 0.15) is 0 Å². The Kier molecular flexibility index (Phi) is 3.36. The molecule has 0 unspecified atom stereocenters. The van der Waals surface area contributed by atoms with Crippen molar-refractivity contribution < 1.29 is 4.74 Å². The number of nitrogens with zero attached hydrogens (tertiary/aromatic N) is 1. The first-order valence-corrected chi connectivity index (χ1v) is 5.59. The molecule has 0 saturated heterocycles. The van der Waals surface area contributed by atoms with E-state index < -0.39 is 0 Å². The summed E-state index contributed by atoms with van der Waals surface area (Å²) in [6.07, 6.45) is 1.87. The van der Waals surface area contributed by atoms with Crippen molar-refractivity contribution in [2.45, 2.75) is 0 Å². The normalized spacial score (nSPS) is 11.2. The lowest BCUT2D eigenvalue weighted by Crippen LogP contribution is -2.19. The van der Waals surface area contributed by atoms with Gasteiger partial charge in [-0.2, -0.15) is 0 Å². The number of halogens is 1. The summed E-state index contributed by atoms with van der Waals surface area (Å²) < 4.78 is 5.69. The molecule has 0 bridgehead atoms. The second-order valence-corrected chi connectivity index (χ2v) is 4.43. The Labute approximate surface area is 100.0 Å². The molecule has 1 aromatic heterocycles. The Morgan fingerprint density at radius 2 is 2.19 bits per heavy atom. The highest BCUT2D eigenvalue weighted by atomic mass is 35.5. The summed E-state index contributed by atoms with van der Waals surface area (Å²) >= 11 is 5.91. The third-order valence-electron chi connectivity index (χ3n) is 2.40. The van der Waals surface area contributed by atoms with Gasteiger partial charge < -0.3 is 14.6 Å². The molecular weight excluding hydrogens is 224 g/mol. The van der Waals surface area contributed by atoms with Gasteiger partial charge in [-0.25, -0.2) is 0 Å². The van der Waals surface area contributed by atoms with Gasteiger partial charge in [0, 0.05) is 23.2 Å². The minimum Gasteiger partial charge on any atom is -0.490 e. The molecule has 4 heteroatoms. The Balaban J connectivity index is 2.13. The summed E-state index contributed by atoms with van der Waals surface area (Å²) in [5.74, 6) is 0.883. The van der Waals surface area contributed by atoms with E-state index in [4.69, 9.17) is 16.3 Å². The molecule has 0 spiro atoms. The van der Waals surface area contributed by atoms with Crippen molar-refractivity contribution in [1.29, 1.82) is 0 Å². The predicted octanol–water partition coefficient (Wildman–Crippen LogP) is 2.76. The lowest BCUT2D eigenvalue weighted by Gasteiger charge is -2.10. The zero-order valence-electron chi connectivity index (χ0n) is 9.46. The van der Waals surface area contributed by atoms with Gasteiger partial charge in [-0.05, 0) is 32.3 Å². The number of aromatic nitrogens is 1. The third kappa shape index (κ3) is 2.49. The lowest BCUT2D eigenvalue weighted by molar-refractivity contribution is 0.263. The molecule has 0 aliphatic carbocycles. The third-order valence-corrected chi connectivity index (χ3v) is 2.64. The van der Waals surface area contributed by atoms with E-state index in [0.29, 0.717) is 6.61 Å². The Bertz CT molecular complexity index is 479. The smallest absolute Gasteiger partial charge is 0.144 e. The minimum atomic E-state index is 0.683. The van der Waals surface area contributed by atoms with Crippen LogP contribution >= 0.6 is 11.6 Å². The topological polar surface area (TPSA) is 28.3 Å². The summed E-state index contributed by atoms with van der Waals surface area (Å²) in [4.78, 5) is 5.23. The zero-order chi connectivity index (χ0) is 11.5. The maximum absolute atomic E-state index is 5.91. The number of hydrogen-bond donors (Lipinski definition) is 1. The van der Waals surface area contributed by atoms with E-state index in [1.807, 2.05) is 38.5 Å². The first-order chi connectivity index (χ1) is 7.66. The quantitative estimate of drug-likeness (QED) is 0.887. The van der Waals surface area contributed by atoms with E-state index in [2.05, 4.69) is 9.88 Å². The maximum atomic E-state index is 5.91. The van der Waals surface area contributed by atoms with Crippen LogP contribution in [0.3, 0.4) is 0 Å². The number of ether oxygens (including phenoxy) is 1. The lowest BCUT2D eigenvalue weighted by atomic mass is 10.2. The molecular formula is C12H15ClN2O. The van der Waals surface area contributed by atoms with Crippen molar-refractivity contribution in [3.05, 3.63) is 29.4 Å². The molecule has 3 nitrogen and oxygen atoms in total. The van der Waals surface area contributed by atoms with E-state index >= 15 is 0 Å². The SMILES string of the molecule is CN(C)CCOc1c[nH]c2cc(Cl)ccc12. The number of aromatic amines is 1. The summed E-state index contributed by atoms with van der Waals surface area (Å²) in [5, 5.41) is 1.80. The van der Waals surface area contributed by atoms with Crippen LogP contribution in [0.15, 0.2) is 24.4 Å². The second kappa shape index (κ2) is 4.76. The summed E-state index contributed by atoms with van der Waals surface area (Å²) in [6.45, 7) is 1.59. The number of H-pyrrole nitrogens is 1. The Morgan fingerprint density at radius 1 is 1.38 bits per heavy atom. The van der Waals surface area contributed by atoms with E-state index in [0.717, 1.165) is 28.2 Å². The van der Waals surface area contributed by atoms with Crippen LogP contribution in [0, 0.1) is 0 Å². The van der Waals surface area contributed by atoms with E-state index in [-0.39, 0.29) is 0 Å². The van der Waals surface area contributed by atoms with Crippen LogP contribution in [0.2, 0.25) is 5.02 Å². The van der Waals surface area contributed by atoms with Crippen LogP contribution in [0.4, 0.5) is 0 Å². The number of nitrogens with one attached hydrogen (secondary N) is 1. The average Bonchev–Trinajstić information content (AvgIpc) is 2.60. The van der Waals surface area contributed by atoms with Crippen LogP contribution in [-0.4, -0.2) is 37.1 Å². The second-order valence-electron chi connectivity index (χ2n) is 3.99. The Hall–Kier alpha value is -1.19. The van der Waals surface area contributed by atoms with Gasteiger partial charge in [0.15, 0.2) is 0 Å². The molecule has 86 valence electrons. The number of rotatable bonds is 4. The van der Waals surface area contributed by atoms with Crippen molar-refractivity contribution in [2.75, 3.05) is 27.2 Å². The van der Waals surface area contributed by atoms with E-state index in [1.165, 1.54) is 0 Å². The molecule has 2 aromatic rings. The Morgan fingerprint density at radius 3 is 2.94 bits per heavy atom. The van der Waals surface area contributed by atoms with Crippen molar-refractivity contribution in [3.8, 4) is 5.75 Å². The van der Waals surface area contributed by atoms with Crippen molar-refractivity contribution in [2.24, 2.45) is 0 Å². The van der Waals surface area contributed by atoms with Gasteiger partial charge in [0.25, 0.3) is 0 Å². The molecule has 0 radical (unpaired) electrons. The number of fused-ring (bicyclic) bond motifs is 1. The molecule has 2 rings (SSSR count). The highest BCUT2D eigenvalue weighted by Gasteiger charge is 2.04. The summed E-state index contributed by atoms with van der Waals surface area (Å²) in [6, 6.07) is 5.74. The predicted molar refractivity (Wildman–Crippen MR) is 67.4 cm³/mol. The molecule has 1 heterocycles. The fourth-order valence-electron chi connectivity index (χ4n) is 1.53. The molecule has 0 fully saturated rings. The molecule has 0 aliphatic rings. The van der Waals surface area contributed by atoms with Gasteiger partial charge in [-0.1, -0.05) is 11.6 Å². The van der Waals surface area contributed by atoms with Gasteiger partial charge in [0.1, 0.15) is 12.4 Å². The monoisotopic (exact) mass is 238 g/mol. The maximum Gasteiger partial charge on any atom is 0.144 e. The molecule has 0 saturated carbocycles.